The third kappa shape index (κ3) is 3.93. The number of nitrogens with zero attached hydrogens (tertiary/aromatic N) is 1. The SMILES string of the molecule is C.C[N+]1(CC2(c3ccccc3)CCCC2)CCCCCCC1. The van der Waals surface area contributed by atoms with E-state index >= 15 is 0 Å². The number of benzene rings is 1. The Labute approximate surface area is 138 Å². The van der Waals surface area contributed by atoms with Crippen LogP contribution in [0.4, 0.5) is 0 Å². The van der Waals surface area contributed by atoms with E-state index in [2.05, 4.69) is 37.4 Å². The first-order chi connectivity index (χ1) is 10.2. The minimum absolute atomic E-state index is 0. The van der Waals surface area contributed by atoms with Gasteiger partial charge in [-0.25, -0.2) is 0 Å². The molecule has 1 aromatic rings. The molecule has 1 nitrogen and oxygen atoms in total. The first kappa shape index (κ1) is 17.5. The zero-order chi connectivity index (χ0) is 14.6. The summed E-state index contributed by atoms with van der Waals surface area (Å²) < 4.78 is 1.31. The number of hydrogen-bond acceptors (Lipinski definition) is 0. The molecular weight excluding hydrogens is 266 g/mol. The smallest absolute Gasteiger partial charge is 0.0882 e. The van der Waals surface area contributed by atoms with Crippen molar-refractivity contribution in [1.29, 1.82) is 0 Å². The van der Waals surface area contributed by atoms with Crippen molar-refractivity contribution < 1.29 is 4.48 Å². The average Bonchev–Trinajstić information content (AvgIpc) is 2.94. The monoisotopic (exact) mass is 302 g/mol. The summed E-state index contributed by atoms with van der Waals surface area (Å²) in [6.07, 6.45) is 12.9. The third-order valence-electron chi connectivity index (χ3n) is 6.03. The Morgan fingerprint density at radius 2 is 1.36 bits per heavy atom. The lowest BCUT2D eigenvalue weighted by Crippen LogP contribution is -2.53. The normalized spacial score (nSPS) is 24.0. The van der Waals surface area contributed by atoms with Crippen molar-refractivity contribution in [1.82, 2.24) is 0 Å². The molecule has 124 valence electrons. The van der Waals surface area contributed by atoms with Gasteiger partial charge in [-0.3, -0.25) is 0 Å². The van der Waals surface area contributed by atoms with Crippen LogP contribution in [-0.2, 0) is 5.41 Å². The number of likely N-dealkylation sites (N-methyl/N-ethyl adjacent to an activating group) is 1. The van der Waals surface area contributed by atoms with Crippen molar-refractivity contribution in [3.05, 3.63) is 35.9 Å². The Bertz CT molecular complexity index is 422. The Balaban J connectivity index is 0.00000176. The fourth-order valence-electron chi connectivity index (χ4n) is 4.90. The maximum Gasteiger partial charge on any atom is 0.0882 e. The molecule has 1 heteroatoms. The minimum Gasteiger partial charge on any atom is -0.325 e. The van der Waals surface area contributed by atoms with E-state index in [1.54, 1.807) is 5.56 Å². The summed E-state index contributed by atoms with van der Waals surface area (Å²) >= 11 is 0. The summed E-state index contributed by atoms with van der Waals surface area (Å²) in [7, 11) is 2.54. The molecule has 0 atom stereocenters. The number of likely N-dealkylation sites (tertiary alicyclic amines) is 1. The Morgan fingerprint density at radius 3 is 1.95 bits per heavy atom. The summed E-state index contributed by atoms with van der Waals surface area (Å²) in [5.74, 6) is 0. The number of rotatable bonds is 3. The summed E-state index contributed by atoms with van der Waals surface area (Å²) in [5.41, 5.74) is 2.08. The van der Waals surface area contributed by atoms with Gasteiger partial charge in [-0.2, -0.15) is 0 Å². The highest BCUT2D eigenvalue weighted by Crippen LogP contribution is 2.43. The summed E-state index contributed by atoms with van der Waals surface area (Å²) in [6, 6.07) is 11.4. The fraction of sp³-hybridized carbons (Fsp3) is 0.714. The second kappa shape index (κ2) is 7.64. The highest BCUT2D eigenvalue weighted by molar-refractivity contribution is 5.26. The van der Waals surface area contributed by atoms with Crippen molar-refractivity contribution in [3.63, 3.8) is 0 Å². The molecule has 2 fully saturated rings. The molecular formula is C21H36N+. The van der Waals surface area contributed by atoms with E-state index in [0.717, 1.165) is 0 Å². The van der Waals surface area contributed by atoms with Crippen molar-refractivity contribution in [2.45, 2.75) is 70.6 Å². The lowest BCUT2D eigenvalue weighted by atomic mass is 9.77. The highest BCUT2D eigenvalue weighted by Gasteiger charge is 2.42. The maximum absolute atomic E-state index is 2.54. The number of hydrogen-bond donors (Lipinski definition) is 0. The van der Waals surface area contributed by atoms with E-state index in [9.17, 15) is 0 Å². The zero-order valence-corrected chi connectivity index (χ0v) is 13.8. The van der Waals surface area contributed by atoms with Crippen LogP contribution in [-0.4, -0.2) is 31.2 Å². The lowest BCUT2D eigenvalue weighted by Gasteiger charge is -2.43. The van der Waals surface area contributed by atoms with Crippen LogP contribution < -0.4 is 0 Å². The average molecular weight is 303 g/mol. The molecule has 0 unspecified atom stereocenters. The molecule has 22 heavy (non-hydrogen) atoms. The van der Waals surface area contributed by atoms with Crippen molar-refractivity contribution in [2.75, 3.05) is 26.7 Å². The molecule has 0 spiro atoms. The molecule has 1 aliphatic carbocycles. The van der Waals surface area contributed by atoms with Crippen LogP contribution in [0.15, 0.2) is 30.3 Å². The molecule has 0 bridgehead atoms. The molecule has 1 saturated heterocycles. The van der Waals surface area contributed by atoms with Crippen molar-refractivity contribution in [3.8, 4) is 0 Å². The van der Waals surface area contributed by atoms with E-state index in [1.807, 2.05) is 0 Å². The molecule has 3 rings (SSSR count). The van der Waals surface area contributed by atoms with Gasteiger partial charge in [-0.05, 0) is 44.1 Å². The van der Waals surface area contributed by atoms with Crippen molar-refractivity contribution in [2.24, 2.45) is 0 Å². The van der Waals surface area contributed by atoms with Crippen LogP contribution in [0.1, 0.15) is 70.8 Å². The van der Waals surface area contributed by atoms with Gasteiger partial charge in [0.1, 0.15) is 0 Å². The molecule has 2 aliphatic rings. The fourth-order valence-corrected chi connectivity index (χ4v) is 4.90. The van der Waals surface area contributed by atoms with Gasteiger partial charge in [0.15, 0.2) is 0 Å². The summed E-state index contributed by atoms with van der Waals surface area (Å²) in [5, 5.41) is 0. The molecule has 1 saturated carbocycles. The van der Waals surface area contributed by atoms with E-state index < -0.39 is 0 Å². The zero-order valence-electron chi connectivity index (χ0n) is 13.8. The van der Waals surface area contributed by atoms with Crippen LogP contribution >= 0.6 is 0 Å². The van der Waals surface area contributed by atoms with Crippen LogP contribution in [0, 0.1) is 0 Å². The van der Waals surface area contributed by atoms with Crippen molar-refractivity contribution >= 4 is 0 Å². The van der Waals surface area contributed by atoms with Gasteiger partial charge >= 0.3 is 0 Å². The van der Waals surface area contributed by atoms with E-state index in [-0.39, 0.29) is 7.43 Å². The molecule has 0 aromatic heterocycles. The van der Waals surface area contributed by atoms with Gasteiger partial charge < -0.3 is 4.48 Å². The van der Waals surface area contributed by atoms with Gasteiger partial charge in [-0.15, -0.1) is 0 Å². The Kier molecular flexibility index (Phi) is 6.09. The first-order valence-electron chi connectivity index (χ1n) is 9.12. The quantitative estimate of drug-likeness (QED) is 0.643. The highest BCUT2D eigenvalue weighted by atomic mass is 15.3. The van der Waals surface area contributed by atoms with Gasteiger partial charge in [-0.1, -0.05) is 57.0 Å². The third-order valence-corrected chi connectivity index (χ3v) is 6.03. The maximum atomic E-state index is 2.54. The second-order valence-corrected chi connectivity index (χ2v) is 7.85. The van der Waals surface area contributed by atoms with Gasteiger partial charge in [0.25, 0.3) is 0 Å². The first-order valence-corrected chi connectivity index (χ1v) is 9.12. The van der Waals surface area contributed by atoms with Crippen LogP contribution in [0.2, 0.25) is 0 Å². The molecule has 1 aromatic carbocycles. The van der Waals surface area contributed by atoms with E-state index in [4.69, 9.17) is 0 Å². The molecule has 0 N–H and O–H groups in total. The summed E-state index contributed by atoms with van der Waals surface area (Å²) in [6.45, 7) is 4.17. The van der Waals surface area contributed by atoms with Gasteiger partial charge in [0.2, 0.25) is 0 Å². The summed E-state index contributed by atoms with van der Waals surface area (Å²) in [4.78, 5) is 0. The predicted octanol–water partition coefficient (Wildman–Crippen LogP) is 5.55. The lowest BCUT2D eigenvalue weighted by molar-refractivity contribution is -0.914. The standard InChI is InChI=1S/C20H32N.CH4/c1-21(16-10-3-2-4-11-17-21)18-20(14-8-9-15-20)19-12-6-5-7-13-19;/h5-7,12-13H,2-4,8-11,14-18H2,1H3;1H4/q+1;. The molecule has 0 radical (unpaired) electrons. The van der Waals surface area contributed by atoms with E-state index in [1.165, 1.54) is 81.9 Å². The Morgan fingerprint density at radius 1 is 0.818 bits per heavy atom. The molecule has 1 aliphatic heterocycles. The number of quaternary nitrogens is 1. The minimum atomic E-state index is 0. The molecule has 0 amide bonds. The van der Waals surface area contributed by atoms with E-state index in [0.29, 0.717) is 5.41 Å². The van der Waals surface area contributed by atoms with Gasteiger partial charge in [0, 0.05) is 5.41 Å². The van der Waals surface area contributed by atoms with Gasteiger partial charge in [0.05, 0.1) is 26.7 Å². The topological polar surface area (TPSA) is 0 Å². The second-order valence-electron chi connectivity index (χ2n) is 7.85. The predicted molar refractivity (Wildman–Crippen MR) is 97.2 cm³/mol. The Hall–Kier alpha value is -0.820. The van der Waals surface area contributed by atoms with Crippen LogP contribution in [0.5, 0.6) is 0 Å². The molecule has 1 heterocycles. The van der Waals surface area contributed by atoms with Crippen LogP contribution in [0.3, 0.4) is 0 Å². The largest absolute Gasteiger partial charge is 0.325 e. The van der Waals surface area contributed by atoms with Crippen LogP contribution in [0.25, 0.3) is 0 Å².